The van der Waals surface area contributed by atoms with Crippen LogP contribution < -0.4 is 5.32 Å². The lowest BCUT2D eigenvalue weighted by Gasteiger charge is -2.34. The highest BCUT2D eigenvalue weighted by Crippen LogP contribution is 2.65. The number of Topliss-reactive ketones (excluding diaryl/α,β-unsaturated/α-hetero) is 1. The molecule has 2 unspecified atom stereocenters. The van der Waals surface area contributed by atoms with Crippen LogP contribution in [-0.2, 0) is 9.59 Å². The summed E-state index contributed by atoms with van der Waals surface area (Å²) >= 11 is 0. The first-order valence-electron chi connectivity index (χ1n) is 8.57. The van der Waals surface area contributed by atoms with Crippen molar-refractivity contribution in [3.05, 3.63) is 48.6 Å². The number of allylic oxidation sites excluding steroid dienone is 2. The Labute approximate surface area is 143 Å². The molecule has 0 radical (unpaired) electrons. The first-order chi connectivity index (χ1) is 11.3. The molecule has 3 nitrogen and oxygen atoms in total. The highest BCUT2D eigenvalue weighted by atomic mass is 16.1. The predicted molar refractivity (Wildman–Crippen MR) is 97.5 cm³/mol. The minimum absolute atomic E-state index is 0.00461. The highest BCUT2D eigenvalue weighted by Gasteiger charge is 2.62. The summed E-state index contributed by atoms with van der Waals surface area (Å²) < 4.78 is 0. The van der Waals surface area contributed by atoms with Crippen molar-refractivity contribution in [1.29, 1.82) is 0 Å². The Bertz CT molecular complexity index is 744. The molecule has 1 aromatic carbocycles. The molecule has 0 heterocycles. The fourth-order valence-electron chi connectivity index (χ4n) is 4.62. The van der Waals surface area contributed by atoms with Crippen molar-refractivity contribution in [2.75, 3.05) is 5.32 Å². The fourth-order valence-corrected chi connectivity index (χ4v) is 4.62. The number of amides is 1. The summed E-state index contributed by atoms with van der Waals surface area (Å²) in [6, 6.07) is 7.71. The number of para-hydroxylation sites is 1. The molecule has 2 bridgehead atoms. The molecule has 2 aliphatic rings. The molecule has 2 fully saturated rings. The largest absolute Gasteiger partial charge is 0.322 e. The molecular formula is C21H25NO2. The van der Waals surface area contributed by atoms with E-state index in [2.05, 4.69) is 31.8 Å². The molecule has 2 saturated carbocycles. The molecule has 0 aromatic heterocycles. The molecule has 1 aromatic rings. The van der Waals surface area contributed by atoms with E-state index in [0.717, 1.165) is 29.7 Å². The average Bonchev–Trinajstić information content (AvgIpc) is 2.89. The SMILES string of the molecule is C=CC(=O)Nc1ccccc1C(C)=CC12CCC(CC1=O)C2(C)C. The van der Waals surface area contributed by atoms with Crippen molar-refractivity contribution < 1.29 is 9.59 Å². The summed E-state index contributed by atoms with van der Waals surface area (Å²) in [5.74, 6) is 0.632. The van der Waals surface area contributed by atoms with E-state index in [4.69, 9.17) is 0 Å². The lowest BCUT2D eigenvalue weighted by Crippen LogP contribution is -2.34. The van der Waals surface area contributed by atoms with Gasteiger partial charge in [0.05, 0.1) is 5.41 Å². The van der Waals surface area contributed by atoms with Gasteiger partial charge in [-0.25, -0.2) is 0 Å². The number of ketones is 1. The Balaban J connectivity index is 2.02. The number of fused-ring (bicyclic) bond motifs is 2. The van der Waals surface area contributed by atoms with Gasteiger partial charge in [0, 0.05) is 17.7 Å². The quantitative estimate of drug-likeness (QED) is 0.822. The normalized spacial score (nSPS) is 28.0. The van der Waals surface area contributed by atoms with E-state index in [1.807, 2.05) is 31.2 Å². The van der Waals surface area contributed by atoms with E-state index in [9.17, 15) is 9.59 Å². The van der Waals surface area contributed by atoms with Crippen molar-refractivity contribution >= 4 is 23.0 Å². The number of rotatable bonds is 4. The zero-order valence-corrected chi connectivity index (χ0v) is 14.7. The maximum Gasteiger partial charge on any atom is 0.247 e. The lowest BCUT2D eigenvalue weighted by molar-refractivity contribution is -0.126. The van der Waals surface area contributed by atoms with Crippen molar-refractivity contribution in [3.8, 4) is 0 Å². The maximum absolute atomic E-state index is 12.7. The van der Waals surface area contributed by atoms with Crippen LogP contribution in [0.1, 0.15) is 45.6 Å². The van der Waals surface area contributed by atoms with Crippen molar-refractivity contribution in [1.82, 2.24) is 0 Å². The van der Waals surface area contributed by atoms with E-state index >= 15 is 0 Å². The van der Waals surface area contributed by atoms with Gasteiger partial charge in [0.2, 0.25) is 5.91 Å². The van der Waals surface area contributed by atoms with E-state index in [1.54, 1.807) is 0 Å². The maximum atomic E-state index is 12.7. The minimum atomic E-state index is -0.364. The molecule has 3 rings (SSSR count). The van der Waals surface area contributed by atoms with Gasteiger partial charge in [-0.3, -0.25) is 9.59 Å². The molecule has 0 aliphatic heterocycles. The summed E-state index contributed by atoms with van der Waals surface area (Å²) in [6.45, 7) is 9.99. The molecule has 0 saturated heterocycles. The van der Waals surface area contributed by atoms with E-state index < -0.39 is 0 Å². The molecule has 3 heteroatoms. The second-order valence-corrected chi connectivity index (χ2v) is 7.62. The van der Waals surface area contributed by atoms with Crippen LogP contribution in [-0.4, -0.2) is 11.7 Å². The number of hydrogen-bond donors (Lipinski definition) is 1. The topological polar surface area (TPSA) is 46.2 Å². The number of nitrogens with one attached hydrogen (secondary N) is 1. The van der Waals surface area contributed by atoms with Gasteiger partial charge >= 0.3 is 0 Å². The van der Waals surface area contributed by atoms with Gasteiger partial charge in [0.1, 0.15) is 5.78 Å². The smallest absolute Gasteiger partial charge is 0.247 e. The second kappa shape index (κ2) is 5.73. The van der Waals surface area contributed by atoms with Gasteiger partial charge < -0.3 is 5.32 Å². The Morgan fingerprint density at radius 1 is 1.33 bits per heavy atom. The van der Waals surface area contributed by atoms with Crippen LogP contribution >= 0.6 is 0 Å². The van der Waals surface area contributed by atoms with Crippen molar-refractivity contribution in [3.63, 3.8) is 0 Å². The molecular weight excluding hydrogens is 298 g/mol. The first-order valence-corrected chi connectivity index (χ1v) is 8.57. The Hall–Kier alpha value is -2.16. The van der Waals surface area contributed by atoms with Crippen LogP contribution in [0.4, 0.5) is 5.69 Å². The van der Waals surface area contributed by atoms with Crippen molar-refractivity contribution in [2.24, 2.45) is 16.7 Å². The highest BCUT2D eigenvalue weighted by molar-refractivity contribution is 6.01. The van der Waals surface area contributed by atoms with Crippen LogP contribution in [0.15, 0.2) is 43.0 Å². The number of benzene rings is 1. The molecule has 2 aliphatic carbocycles. The zero-order chi connectivity index (χ0) is 17.5. The van der Waals surface area contributed by atoms with Gasteiger partial charge in [-0.15, -0.1) is 0 Å². The first kappa shape index (κ1) is 16.7. The summed E-state index contributed by atoms with van der Waals surface area (Å²) in [5.41, 5.74) is 2.40. The van der Waals surface area contributed by atoms with Crippen molar-refractivity contribution in [2.45, 2.75) is 40.0 Å². The fraction of sp³-hybridized carbons (Fsp3) is 0.429. The minimum Gasteiger partial charge on any atom is -0.322 e. The summed E-state index contributed by atoms with van der Waals surface area (Å²) in [5, 5.41) is 2.86. The number of carbonyl (C=O) groups is 2. The van der Waals surface area contributed by atoms with Gasteiger partial charge in [-0.05, 0) is 48.8 Å². The molecule has 1 N–H and O–H groups in total. The third-order valence-corrected chi connectivity index (χ3v) is 6.24. The van der Waals surface area contributed by atoms with Gasteiger partial charge in [0.25, 0.3) is 0 Å². The number of anilines is 1. The summed E-state index contributed by atoms with van der Waals surface area (Å²) in [6.07, 6.45) is 6.19. The lowest BCUT2D eigenvalue weighted by atomic mass is 9.68. The average molecular weight is 323 g/mol. The molecule has 24 heavy (non-hydrogen) atoms. The van der Waals surface area contributed by atoms with Crippen LogP contribution in [0.25, 0.3) is 5.57 Å². The molecule has 0 spiro atoms. The van der Waals surface area contributed by atoms with Crippen LogP contribution in [0.2, 0.25) is 0 Å². The second-order valence-electron chi connectivity index (χ2n) is 7.62. The summed E-state index contributed by atoms with van der Waals surface area (Å²) in [7, 11) is 0. The molecule has 1 amide bonds. The molecule has 126 valence electrons. The Kier molecular flexibility index (Phi) is 3.98. The Morgan fingerprint density at radius 3 is 2.62 bits per heavy atom. The monoisotopic (exact) mass is 323 g/mol. The predicted octanol–water partition coefficient (Wildman–Crippen LogP) is 4.61. The number of carbonyl (C=O) groups excluding carboxylic acids is 2. The van der Waals surface area contributed by atoms with E-state index in [0.29, 0.717) is 18.1 Å². The number of hydrogen-bond acceptors (Lipinski definition) is 2. The third kappa shape index (κ3) is 2.34. The molecule has 2 atom stereocenters. The van der Waals surface area contributed by atoms with Crippen LogP contribution in [0.5, 0.6) is 0 Å². The third-order valence-electron chi connectivity index (χ3n) is 6.24. The van der Waals surface area contributed by atoms with Crippen LogP contribution in [0, 0.1) is 16.7 Å². The van der Waals surface area contributed by atoms with Crippen LogP contribution in [0.3, 0.4) is 0 Å². The standard InChI is InChI=1S/C21H25NO2/c1-5-19(24)22-17-9-7-6-8-16(17)14(2)13-21-11-10-15(12-18(21)23)20(21,3)4/h5-9,13,15H,1,10-12H2,2-4H3,(H,22,24). The zero-order valence-electron chi connectivity index (χ0n) is 14.7. The van der Waals surface area contributed by atoms with Gasteiger partial charge in [0.15, 0.2) is 0 Å². The Morgan fingerprint density at radius 2 is 2.04 bits per heavy atom. The van der Waals surface area contributed by atoms with E-state index in [1.165, 1.54) is 6.08 Å². The van der Waals surface area contributed by atoms with Gasteiger partial charge in [-0.1, -0.05) is 44.7 Å². The van der Waals surface area contributed by atoms with Gasteiger partial charge in [-0.2, -0.15) is 0 Å². The van der Waals surface area contributed by atoms with E-state index in [-0.39, 0.29) is 16.7 Å². The summed E-state index contributed by atoms with van der Waals surface area (Å²) in [4.78, 5) is 24.4.